The predicted molar refractivity (Wildman–Crippen MR) is 111 cm³/mol. The third kappa shape index (κ3) is 5.04. The number of hydrogen-bond donors (Lipinski definition) is 1. The molecule has 2 heterocycles. The van der Waals surface area contributed by atoms with Crippen LogP contribution in [0.4, 0.5) is 4.79 Å². The fourth-order valence-electron chi connectivity index (χ4n) is 4.25. The fraction of sp³-hybridized carbons (Fsp3) is 0.591. The number of piperidine rings is 1. The molecule has 2 aliphatic rings. The number of rotatable bonds is 7. The summed E-state index contributed by atoms with van der Waals surface area (Å²) in [4.78, 5) is 24.9. The number of carbonyl (C=O) groups excluding carboxylic acids is 1. The molecule has 1 amide bonds. The van der Waals surface area contributed by atoms with Gasteiger partial charge in [0.15, 0.2) is 0 Å². The fourth-order valence-corrected chi connectivity index (χ4v) is 4.25. The van der Waals surface area contributed by atoms with Crippen molar-refractivity contribution in [1.29, 1.82) is 0 Å². The van der Waals surface area contributed by atoms with Crippen molar-refractivity contribution in [1.82, 2.24) is 14.7 Å². The quantitative estimate of drug-likeness (QED) is 0.741. The molecule has 8 heteroatoms. The molecule has 2 aromatic rings. The number of aryl methyl sites for hydroxylation is 1. The highest BCUT2D eigenvalue weighted by molar-refractivity contribution is 5.80. The third-order valence-electron chi connectivity index (χ3n) is 6.08. The number of nitrogens with zero attached hydrogens (tertiary/aromatic N) is 3. The van der Waals surface area contributed by atoms with Crippen molar-refractivity contribution in [2.24, 2.45) is 5.92 Å². The molecule has 0 bridgehead atoms. The van der Waals surface area contributed by atoms with Crippen LogP contribution in [0, 0.1) is 5.92 Å². The molecule has 1 aromatic carbocycles. The summed E-state index contributed by atoms with van der Waals surface area (Å²) >= 11 is 0. The third-order valence-corrected chi connectivity index (χ3v) is 6.08. The Labute approximate surface area is 175 Å². The number of aromatic nitrogens is 2. The standard InChI is InChI=1S/C22H29N3O5/c26-21(27)9-12-25-20-6-5-19(13-17(20)14-23-25)29-15-16-7-10-24(11-8-16)22(28)30-18-3-1-2-4-18/h5-6,13-14,16,18H,1-4,7-12,15H2,(H,26,27). The van der Waals surface area contributed by atoms with Crippen LogP contribution >= 0.6 is 0 Å². The maximum atomic E-state index is 12.3. The van der Waals surface area contributed by atoms with Crippen LogP contribution in [-0.2, 0) is 16.1 Å². The van der Waals surface area contributed by atoms with Crippen LogP contribution in [0.3, 0.4) is 0 Å². The summed E-state index contributed by atoms with van der Waals surface area (Å²) in [5, 5.41) is 14.0. The summed E-state index contributed by atoms with van der Waals surface area (Å²) in [5.41, 5.74) is 0.901. The average molecular weight is 415 g/mol. The number of likely N-dealkylation sites (tertiary alicyclic amines) is 1. The van der Waals surface area contributed by atoms with Crippen molar-refractivity contribution in [3.63, 3.8) is 0 Å². The monoisotopic (exact) mass is 415 g/mol. The summed E-state index contributed by atoms with van der Waals surface area (Å²) in [5.74, 6) is 0.356. The largest absolute Gasteiger partial charge is 0.493 e. The van der Waals surface area contributed by atoms with Gasteiger partial charge in [-0.1, -0.05) is 0 Å². The van der Waals surface area contributed by atoms with E-state index in [2.05, 4.69) is 5.10 Å². The van der Waals surface area contributed by atoms with E-state index in [1.807, 2.05) is 23.1 Å². The van der Waals surface area contributed by atoms with Crippen molar-refractivity contribution < 1.29 is 24.2 Å². The Bertz CT molecular complexity index is 882. The molecule has 1 saturated carbocycles. The molecule has 1 aromatic heterocycles. The summed E-state index contributed by atoms with van der Waals surface area (Å²) in [6.45, 7) is 2.40. The highest BCUT2D eigenvalue weighted by Crippen LogP contribution is 2.25. The molecule has 1 aliphatic heterocycles. The lowest BCUT2D eigenvalue weighted by molar-refractivity contribution is -0.137. The Kier molecular flexibility index (Phi) is 6.40. The smallest absolute Gasteiger partial charge is 0.410 e. The van der Waals surface area contributed by atoms with Gasteiger partial charge in [-0.15, -0.1) is 0 Å². The molecule has 162 valence electrons. The van der Waals surface area contributed by atoms with E-state index in [9.17, 15) is 9.59 Å². The number of carboxylic acid groups (broad SMARTS) is 1. The normalized spacial score (nSPS) is 18.1. The maximum Gasteiger partial charge on any atom is 0.410 e. The summed E-state index contributed by atoms with van der Waals surface area (Å²) < 4.78 is 13.3. The second-order valence-corrected chi connectivity index (χ2v) is 8.26. The summed E-state index contributed by atoms with van der Waals surface area (Å²) in [6, 6.07) is 5.75. The number of carbonyl (C=O) groups is 2. The molecule has 1 N–H and O–H groups in total. The van der Waals surface area contributed by atoms with E-state index in [0.717, 1.165) is 68.3 Å². The summed E-state index contributed by atoms with van der Waals surface area (Å²) in [6.07, 6.45) is 7.87. The Balaban J connectivity index is 1.23. The van der Waals surface area contributed by atoms with E-state index >= 15 is 0 Å². The van der Waals surface area contributed by atoms with Gasteiger partial charge in [-0.25, -0.2) is 4.79 Å². The van der Waals surface area contributed by atoms with Gasteiger partial charge in [0, 0.05) is 18.5 Å². The Morgan fingerprint density at radius 3 is 2.63 bits per heavy atom. The molecule has 30 heavy (non-hydrogen) atoms. The Morgan fingerprint density at radius 2 is 1.90 bits per heavy atom. The zero-order valence-electron chi connectivity index (χ0n) is 17.2. The van der Waals surface area contributed by atoms with E-state index in [4.69, 9.17) is 14.6 Å². The molecule has 4 rings (SSSR count). The van der Waals surface area contributed by atoms with E-state index in [-0.39, 0.29) is 18.6 Å². The molecule has 0 unspecified atom stereocenters. The van der Waals surface area contributed by atoms with Gasteiger partial charge in [-0.3, -0.25) is 9.48 Å². The van der Waals surface area contributed by atoms with Crippen LogP contribution in [0.5, 0.6) is 5.75 Å². The minimum atomic E-state index is -0.837. The van der Waals surface area contributed by atoms with Crippen LogP contribution in [0.15, 0.2) is 24.4 Å². The Hall–Kier alpha value is -2.77. The highest BCUT2D eigenvalue weighted by Gasteiger charge is 2.27. The number of hydrogen-bond acceptors (Lipinski definition) is 5. The van der Waals surface area contributed by atoms with Crippen molar-refractivity contribution >= 4 is 23.0 Å². The van der Waals surface area contributed by atoms with Crippen LogP contribution < -0.4 is 4.74 Å². The minimum absolute atomic E-state index is 0.0436. The molecular weight excluding hydrogens is 386 g/mol. The van der Waals surface area contributed by atoms with Gasteiger partial charge in [0.2, 0.25) is 0 Å². The molecule has 2 fully saturated rings. The van der Waals surface area contributed by atoms with Gasteiger partial charge < -0.3 is 19.5 Å². The molecule has 0 radical (unpaired) electrons. The van der Waals surface area contributed by atoms with E-state index < -0.39 is 5.97 Å². The predicted octanol–water partition coefficient (Wildman–Crippen LogP) is 3.68. The number of amides is 1. The van der Waals surface area contributed by atoms with Crippen molar-refractivity contribution in [2.45, 2.75) is 57.6 Å². The van der Waals surface area contributed by atoms with Crippen LogP contribution in [0.25, 0.3) is 10.9 Å². The minimum Gasteiger partial charge on any atom is -0.493 e. The average Bonchev–Trinajstić information content (AvgIpc) is 3.40. The number of ether oxygens (including phenoxy) is 2. The van der Waals surface area contributed by atoms with Gasteiger partial charge >= 0.3 is 12.1 Å². The first-order valence-electron chi connectivity index (χ1n) is 10.8. The molecule has 8 nitrogen and oxygen atoms in total. The number of carboxylic acids is 1. The first kappa shape index (κ1) is 20.5. The van der Waals surface area contributed by atoms with Crippen LogP contribution in [0.1, 0.15) is 44.9 Å². The lowest BCUT2D eigenvalue weighted by Gasteiger charge is -2.32. The second-order valence-electron chi connectivity index (χ2n) is 8.26. The molecule has 0 atom stereocenters. The van der Waals surface area contributed by atoms with Gasteiger partial charge in [0.25, 0.3) is 0 Å². The lowest BCUT2D eigenvalue weighted by atomic mass is 9.98. The number of aliphatic carboxylic acids is 1. The lowest BCUT2D eigenvalue weighted by Crippen LogP contribution is -2.41. The van der Waals surface area contributed by atoms with E-state index in [0.29, 0.717) is 19.1 Å². The van der Waals surface area contributed by atoms with Crippen molar-refractivity contribution in [2.75, 3.05) is 19.7 Å². The number of fused-ring (bicyclic) bond motifs is 1. The zero-order chi connectivity index (χ0) is 20.9. The molecular formula is C22H29N3O5. The first-order chi connectivity index (χ1) is 14.6. The Morgan fingerprint density at radius 1 is 1.13 bits per heavy atom. The summed E-state index contributed by atoms with van der Waals surface area (Å²) in [7, 11) is 0. The molecule has 1 saturated heterocycles. The number of benzene rings is 1. The van der Waals surface area contributed by atoms with Gasteiger partial charge in [-0.2, -0.15) is 5.10 Å². The van der Waals surface area contributed by atoms with Crippen molar-refractivity contribution in [3.05, 3.63) is 24.4 Å². The van der Waals surface area contributed by atoms with E-state index in [1.54, 1.807) is 10.9 Å². The van der Waals surface area contributed by atoms with Gasteiger partial charge in [0.05, 0.1) is 31.3 Å². The highest BCUT2D eigenvalue weighted by atomic mass is 16.6. The second kappa shape index (κ2) is 9.36. The van der Waals surface area contributed by atoms with Crippen LogP contribution in [0.2, 0.25) is 0 Å². The molecule has 1 aliphatic carbocycles. The topological polar surface area (TPSA) is 93.9 Å². The maximum absolute atomic E-state index is 12.3. The van der Waals surface area contributed by atoms with Gasteiger partial charge in [-0.05, 0) is 62.6 Å². The van der Waals surface area contributed by atoms with Gasteiger partial charge in [0.1, 0.15) is 11.9 Å². The van der Waals surface area contributed by atoms with E-state index in [1.165, 1.54) is 0 Å². The SMILES string of the molecule is O=C(O)CCn1ncc2cc(OCC3CCN(C(=O)OC4CCCC4)CC3)ccc21. The first-order valence-corrected chi connectivity index (χ1v) is 10.8. The van der Waals surface area contributed by atoms with Crippen molar-refractivity contribution in [3.8, 4) is 5.75 Å². The molecule has 0 spiro atoms. The van der Waals surface area contributed by atoms with Crippen LogP contribution in [-0.4, -0.2) is 57.6 Å². The zero-order valence-corrected chi connectivity index (χ0v) is 17.2.